The van der Waals surface area contributed by atoms with Gasteiger partial charge in [-0.05, 0) is 24.5 Å². The van der Waals surface area contributed by atoms with Crippen LogP contribution in [0.15, 0.2) is 24.3 Å². The van der Waals surface area contributed by atoms with Crippen molar-refractivity contribution in [2.75, 3.05) is 13.7 Å². The highest BCUT2D eigenvalue weighted by molar-refractivity contribution is 6.20. The zero-order valence-corrected chi connectivity index (χ0v) is 10.2. The molecular weight excluding hydrogens is 253 g/mol. The molecule has 0 bridgehead atoms. The van der Waals surface area contributed by atoms with E-state index in [2.05, 4.69) is 0 Å². The van der Waals surface area contributed by atoms with Crippen LogP contribution in [0.25, 0.3) is 0 Å². The molecule has 1 aromatic rings. The minimum Gasteiger partial charge on any atom is -0.383 e. The normalized spacial score (nSPS) is 13.7. The Morgan fingerprint density at radius 1 is 1.35 bits per heavy atom. The fourth-order valence-corrected chi connectivity index (χ4v) is 1.73. The summed E-state index contributed by atoms with van der Waals surface area (Å²) < 4.78 is 42.2. The van der Waals surface area contributed by atoms with Gasteiger partial charge >= 0.3 is 6.18 Å². The van der Waals surface area contributed by atoms with Crippen LogP contribution in [0.3, 0.4) is 0 Å². The highest BCUT2D eigenvalue weighted by atomic mass is 35.5. The Morgan fingerprint density at radius 3 is 2.65 bits per heavy atom. The van der Waals surface area contributed by atoms with Crippen molar-refractivity contribution in [3.8, 4) is 0 Å². The zero-order valence-electron chi connectivity index (χ0n) is 9.43. The molecule has 5 heteroatoms. The van der Waals surface area contributed by atoms with E-state index in [1.807, 2.05) is 0 Å². The van der Waals surface area contributed by atoms with Crippen molar-refractivity contribution in [2.24, 2.45) is 0 Å². The lowest BCUT2D eigenvalue weighted by Gasteiger charge is -2.10. The summed E-state index contributed by atoms with van der Waals surface area (Å²) >= 11 is 5.91. The molecule has 0 heterocycles. The van der Waals surface area contributed by atoms with E-state index >= 15 is 0 Å². The SMILES string of the molecule is COCC(Cl)CCc1cccc(C(F)(F)F)c1. The van der Waals surface area contributed by atoms with E-state index in [1.54, 1.807) is 13.2 Å². The van der Waals surface area contributed by atoms with Gasteiger partial charge in [0.25, 0.3) is 0 Å². The summed E-state index contributed by atoms with van der Waals surface area (Å²) in [6, 6.07) is 5.32. The number of hydrogen-bond donors (Lipinski definition) is 0. The topological polar surface area (TPSA) is 9.23 Å². The van der Waals surface area contributed by atoms with E-state index in [0.717, 1.165) is 12.1 Å². The Balaban J connectivity index is 2.60. The van der Waals surface area contributed by atoms with Gasteiger partial charge in [0.2, 0.25) is 0 Å². The van der Waals surface area contributed by atoms with Gasteiger partial charge in [-0.2, -0.15) is 13.2 Å². The van der Waals surface area contributed by atoms with Gasteiger partial charge in [-0.3, -0.25) is 0 Å². The number of benzene rings is 1. The largest absolute Gasteiger partial charge is 0.416 e. The van der Waals surface area contributed by atoms with Gasteiger partial charge in [-0.1, -0.05) is 18.2 Å². The number of halogens is 4. The van der Waals surface area contributed by atoms with Crippen LogP contribution in [-0.2, 0) is 17.3 Å². The highest BCUT2D eigenvalue weighted by Gasteiger charge is 2.30. The second-order valence-corrected chi connectivity index (χ2v) is 4.41. The Bertz CT molecular complexity index is 352. The van der Waals surface area contributed by atoms with Crippen LogP contribution in [0.2, 0.25) is 0 Å². The Kier molecular flexibility index (Phi) is 5.28. The van der Waals surface area contributed by atoms with Crippen LogP contribution >= 0.6 is 11.6 Å². The van der Waals surface area contributed by atoms with Crippen LogP contribution in [0.4, 0.5) is 13.2 Å². The number of ether oxygens (including phenoxy) is 1. The minimum atomic E-state index is -4.29. The van der Waals surface area contributed by atoms with Gasteiger partial charge in [0.15, 0.2) is 0 Å². The summed E-state index contributed by atoms with van der Waals surface area (Å²) in [5.74, 6) is 0. The molecule has 1 atom stereocenters. The fraction of sp³-hybridized carbons (Fsp3) is 0.500. The molecule has 96 valence electrons. The van der Waals surface area contributed by atoms with Crippen molar-refractivity contribution in [1.29, 1.82) is 0 Å². The van der Waals surface area contributed by atoms with Crippen molar-refractivity contribution in [2.45, 2.75) is 24.4 Å². The molecule has 0 saturated heterocycles. The summed E-state index contributed by atoms with van der Waals surface area (Å²) in [6.45, 7) is 0.403. The van der Waals surface area contributed by atoms with Crippen molar-refractivity contribution in [3.05, 3.63) is 35.4 Å². The van der Waals surface area contributed by atoms with Gasteiger partial charge < -0.3 is 4.74 Å². The Labute approximate surface area is 104 Å². The smallest absolute Gasteiger partial charge is 0.383 e. The predicted octanol–water partition coefficient (Wildman–Crippen LogP) is 3.89. The third kappa shape index (κ3) is 4.96. The van der Waals surface area contributed by atoms with Crippen LogP contribution in [0.1, 0.15) is 17.5 Å². The first-order valence-corrected chi connectivity index (χ1v) is 5.66. The number of rotatable bonds is 5. The molecular formula is C12H14ClF3O. The average molecular weight is 267 g/mol. The molecule has 0 radical (unpaired) electrons. The standard InChI is InChI=1S/C12H14ClF3O/c1-17-8-11(13)6-5-9-3-2-4-10(7-9)12(14,15)16/h2-4,7,11H,5-6,8H2,1H3. The van der Waals surface area contributed by atoms with E-state index in [1.165, 1.54) is 6.07 Å². The van der Waals surface area contributed by atoms with Crippen molar-refractivity contribution in [3.63, 3.8) is 0 Å². The summed E-state index contributed by atoms with van der Waals surface area (Å²) in [5, 5.41) is -0.172. The first-order chi connectivity index (χ1) is 7.93. The lowest BCUT2D eigenvalue weighted by atomic mass is 10.1. The molecule has 1 nitrogen and oxygen atoms in total. The van der Waals surface area contributed by atoms with Crippen LogP contribution < -0.4 is 0 Å². The molecule has 1 rings (SSSR count). The van der Waals surface area contributed by atoms with E-state index in [9.17, 15) is 13.2 Å². The second-order valence-electron chi connectivity index (χ2n) is 3.79. The zero-order chi connectivity index (χ0) is 12.9. The maximum atomic E-state index is 12.4. The fourth-order valence-electron chi connectivity index (χ4n) is 1.49. The van der Waals surface area contributed by atoms with Crippen molar-refractivity contribution < 1.29 is 17.9 Å². The van der Waals surface area contributed by atoms with Crippen LogP contribution in [0, 0.1) is 0 Å². The number of methoxy groups -OCH3 is 1. The molecule has 0 aliphatic carbocycles. The molecule has 0 aliphatic rings. The summed E-state index contributed by atoms with van der Waals surface area (Å²) in [4.78, 5) is 0. The average Bonchev–Trinajstić information content (AvgIpc) is 2.26. The van der Waals surface area contributed by atoms with E-state index in [0.29, 0.717) is 25.0 Å². The Morgan fingerprint density at radius 2 is 2.06 bits per heavy atom. The third-order valence-electron chi connectivity index (χ3n) is 2.35. The predicted molar refractivity (Wildman–Crippen MR) is 61.3 cm³/mol. The maximum Gasteiger partial charge on any atom is 0.416 e. The van der Waals surface area contributed by atoms with E-state index in [4.69, 9.17) is 16.3 Å². The molecule has 0 aliphatic heterocycles. The molecule has 0 aromatic heterocycles. The summed E-state index contributed by atoms with van der Waals surface area (Å²) in [6.07, 6.45) is -3.18. The lowest BCUT2D eigenvalue weighted by molar-refractivity contribution is -0.137. The first-order valence-electron chi connectivity index (χ1n) is 5.22. The number of aryl methyl sites for hydroxylation is 1. The lowest BCUT2D eigenvalue weighted by Crippen LogP contribution is -2.09. The minimum absolute atomic E-state index is 0.172. The monoisotopic (exact) mass is 266 g/mol. The third-order valence-corrected chi connectivity index (χ3v) is 2.69. The van der Waals surface area contributed by atoms with Gasteiger partial charge in [0.05, 0.1) is 17.5 Å². The van der Waals surface area contributed by atoms with Gasteiger partial charge in [0, 0.05) is 7.11 Å². The second kappa shape index (κ2) is 6.26. The number of hydrogen-bond acceptors (Lipinski definition) is 1. The molecule has 0 saturated carbocycles. The summed E-state index contributed by atoms with van der Waals surface area (Å²) in [5.41, 5.74) is 0.0226. The molecule has 0 spiro atoms. The molecule has 0 fully saturated rings. The van der Waals surface area contributed by atoms with E-state index in [-0.39, 0.29) is 5.38 Å². The first kappa shape index (κ1) is 14.3. The molecule has 17 heavy (non-hydrogen) atoms. The summed E-state index contributed by atoms with van der Waals surface area (Å²) in [7, 11) is 1.54. The molecule has 0 amide bonds. The van der Waals surface area contributed by atoms with Crippen molar-refractivity contribution >= 4 is 11.6 Å². The molecule has 1 unspecified atom stereocenters. The van der Waals surface area contributed by atoms with Gasteiger partial charge in [-0.15, -0.1) is 11.6 Å². The highest BCUT2D eigenvalue weighted by Crippen LogP contribution is 2.29. The maximum absolute atomic E-state index is 12.4. The molecule has 0 N–H and O–H groups in total. The van der Waals surface area contributed by atoms with Gasteiger partial charge in [0.1, 0.15) is 0 Å². The Hall–Kier alpha value is -0.740. The van der Waals surface area contributed by atoms with Crippen LogP contribution in [-0.4, -0.2) is 19.1 Å². The van der Waals surface area contributed by atoms with Crippen LogP contribution in [0.5, 0.6) is 0 Å². The van der Waals surface area contributed by atoms with Gasteiger partial charge in [-0.25, -0.2) is 0 Å². The van der Waals surface area contributed by atoms with Crippen molar-refractivity contribution in [1.82, 2.24) is 0 Å². The van der Waals surface area contributed by atoms with E-state index < -0.39 is 11.7 Å². The quantitative estimate of drug-likeness (QED) is 0.735. The molecule has 1 aromatic carbocycles. The number of alkyl halides is 4.